The predicted octanol–water partition coefficient (Wildman–Crippen LogP) is 3.59. The number of nitrogens with zero attached hydrogens (tertiary/aromatic N) is 3. The quantitative estimate of drug-likeness (QED) is 0.544. The Bertz CT molecular complexity index is 821. The molecular weight excluding hydrogens is 328 g/mol. The Morgan fingerprint density at radius 3 is 2.84 bits per heavy atom. The van der Waals surface area contributed by atoms with E-state index in [-0.39, 0.29) is 0 Å². The van der Waals surface area contributed by atoms with Gasteiger partial charge < -0.3 is 10.2 Å². The molecule has 0 radical (unpaired) electrons. The molecule has 0 fully saturated rings. The van der Waals surface area contributed by atoms with Gasteiger partial charge in [-0.2, -0.15) is 0 Å². The van der Waals surface area contributed by atoms with E-state index in [1.54, 1.807) is 11.3 Å². The van der Waals surface area contributed by atoms with E-state index >= 15 is 0 Å². The maximum absolute atomic E-state index is 4.52. The summed E-state index contributed by atoms with van der Waals surface area (Å²) in [6.07, 6.45) is 3.82. The van der Waals surface area contributed by atoms with Crippen LogP contribution < -0.4 is 5.32 Å². The van der Waals surface area contributed by atoms with Gasteiger partial charge in [-0.3, -0.25) is 9.98 Å². The van der Waals surface area contributed by atoms with Gasteiger partial charge in [-0.25, -0.2) is 0 Å². The van der Waals surface area contributed by atoms with Crippen molar-refractivity contribution in [3.8, 4) is 0 Å². The molecule has 25 heavy (non-hydrogen) atoms. The zero-order chi connectivity index (χ0) is 17.5. The number of aliphatic imine (C=N–C) groups is 1. The highest BCUT2D eigenvalue weighted by atomic mass is 32.1. The number of guanidine groups is 1. The molecule has 0 spiro atoms. The molecule has 0 atom stereocenters. The summed E-state index contributed by atoms with van der Waals surface area (Å²) >= 11 is 1.81. The molecule has 1 aromatic carbocycles. The summed E-state index contributed by atoms with van der Waals surface area (Å²) in [7, 11) is 3.92. The first-order chi connectivity index (χ1) is 12.3. The van der Waals surface area contributed by atoms with Gasteiger partial charge in [-0.15, -0.1) is 11.3 Å². The standard InChI is InChI=1S/C20H24N4S/c1-21-20(24(2)14-11-18-9-5-15-25-18)23-13-10-17-7-3-6-16-8-4-12-22-19(16)17/h3-9,12,15H,10-11,13-14H2,1-2H3,(H,21,23). The molecule has 4 nitrogen and oxygen atoms in total. The number of likely N-dealkylation sites (N-methyl/N-ethyl adjacent to an activating group) is 1. The van der Waals surface area contributed by atoms with E-state index < -0.39 is 0 Å². The molecule has 130 valence electrons. The van der Waals surface area contributed by atoms with E-state index in [9.17, 15) is 0 Å². The summed E-state index contributed by atoms with van der Waals surface area (Å²) in [5, 5.41) is 6.78. The summed E-state index contributed by atoms with van der Waals surface area (Å²) in [4.78, 5) is 12.5. The van der Waals surface area contributed by atoms with E-state index in [2.05, 4.69) is 69.0 Å². The Hall–Kier alpha value is -2.40. The van der Waals surface area contributed by atoms with Crippen molar-refractivity contribution in [2.45, 2.75) is 12.8 Å². The number of rotatable bonds is 6. The third kappa shape index (κ3) is 4.57. The lowest BCUT2D eigenvalue weighted by Crippen LogP contribution is -2.40. The number of benzene rings is 1. The minimum absolute atomic E-state index is 0.839. The highest BCUT2D eigenvalue weighted by Gasteiger charge is 2.07. The zero-order valence-electron chi connectivity index (χ0n) is 14.8. The van der Waals surface area contributed by atoms with Crippen molar-refractivity contribution in [1.82, 2.24) is 15.2 Å². The molecule has 0 saturated carbocycles. The van der Waals surface area contributed by atoms with Crippen molar-refractivity contribution in [3.05, 3.63) is 64.5 Å². The zero-order valence-corrected chi connectivity index (χ0v) is 15.6. The largest absolute Gasteiger partial charge is 0.356 e. The van der Waals surface area contributed by atoms with Gasteiger partial charge in [-0.05, 0) is 35.9 Å². The van der Waals surface area contributed by atoms with Crippen LogP contribution in [0.1, 0.15) is 10.4 Å². The van der Waals surface area contributed by atoms with Gasteiger partial charge in [0.25, 0.3) is 0 Å². The number of nitrogens with one attached hydrogen (secondary N) is 1. The van der Waals surface area contributed by atoms with Crippen LogP contribution in [0.2, 0.25) is 0 Å². The highest BCUT2D eigenvalue weighted by molar-refractivity contribution is 7.09. The Labute approximate surface area is 153 Å². The topological polar surface area (TPSA) is 40.5 Å². The molecule has 1 N–H and O–H groups in total. The van der Waals surface area contributed by atoms with Crippen LogP contribution in [0.4, 0.5) is 0 Å². The minimum Gasteiger partial charge on any atom is -0.356 e. The SMILES string of the molecule is CN=C(NCCc1cccc2cccnc12)N(C)CCc1cccs1. The van der Waals surface area contributed by atoms with Gasteiger partial charge in [0.1, 0.15) is 0 Å². The van der Waals surface area contributed by atoms with Crippen LogP contribution in [0.5, 0.6) is 0 Å². The lowest BCUT2D eigenvalue weighted by atomic mass is 10.1. The van der Waals surface area contributed by atoms with Crippen molar-refractivity contribution in [3.63, 3.8) is 0 Å². The molecule has 0 aliphatic heterocycles. The lowest BCUT2D eigenvalue weighted by Gasteiger charge is -2.22. The Balaban J connectivity index is 1.54. The van der Waals surface area contributed by atoms with Crippen LogP contribution in [0.25, 0.3) is 10.9 Å². The van der Waals surface area contributed by atoms with Crippen molar-refractivity contribution < 1.29 is 0 Å². The van der Waals surface area contributed by atoms with Crippen molar-refractivity contribution >= 4 is 28.2 Å². The Morgan fingerprint density at radius 1 is 1.16 bits per heavy atom. The number of fused-ring (bicyclic) bond motifs is 1. The summed E-state index contributed by atoms with van der Waals surface area (Å²) in [6, 6.07) is 14.7. The second kappa shape index (κ2) is 8.62. The van der Waals surface area contributed by atoms with Crippen LogP contribution >= 0.6 is 11.3 Å². The summed E-state index contributed by atoms with van der Waals surface area (Å²) in [6.45, 7) is 1.79. The van der Waals surface area contributed by atoms with Gasteiger partial charge in [-0.1, -0.05) is 30.3 Å². The van der Waals surface area contributed by atoms with E-state index in [1.165, 1.54) is 15.8 Å². The second-order valence-electron chi connectivity index (χ2n) is 5.97. The molecule has 3 rings (SSSR count). The van der Waals surface area contributed by atoms with Crippen LogP contribution in [0.3, 0.4) is 0 Å². The minimum atomic E-state index is 0.839. The van der Waals surface area contributed by atoms with Gasteiger partial charge in [0.2, 0.25) is 0 Å². The van der Waals surface area contributed by atoms with E-state index in [1.807, 2.05) is 19.3 Å². The first-order valence-corrected chi connectivity index (χ1v) is 9.42. The van der Waals surface area contributed by atoms with Gasteiger partial charge in [0, 0.05) is 43.6 Å². The number of pyridine rings is 1. The molecule has 2 heterocycles. The molecule has 0 aliphatic carbocycles. The third-order valence-corrected chi connectivity index (χ3v) is 5.18. The van der Waals surface area contributed by atoms with E-state index in [4.69, 9.17) is 0 Å². The van der Waals surface area contributed by atoms with Crippen molar-refractivity contribution in [1.29, 1.82) is 0 Å². The van der Waals surface area contributed by atoms with Crippen LogP contribution in [-0.4, -0.2) is 43.0 Å². The smallest absolute Gasteiger partial charge is 0.193 e. The molecular formula is C20H24N4S. The first-order valence-electron chi connectivity index (χ1n) is 8.54. The van der Waals surface area contributed by atoms with Crippen LogP contribution in [-0.2, 0) is 12.8 Å². The third-order valence-electron chi connectivity index (χ3n) is 4.24. The molecule has 0 bridgehead atoms. The fourth-order valence-corrected chi connectivity index (χ4v) is 3.60. The molecule has 3 aromatic rings. The Morgan fingerprint density at radius 2 is 2.04 bits per heavy atom. The highest BCUT2D eigenvalue weighted by Crippen LogP contribution is 2.16. The fourth-order valence-electron chi connectivity index (χ4n) is 2.90. The first kappa shape index (κ1) is 17.4. The molecule has 0 unspecified atom stereocenters. The average molecular weight is 353 g/mol. The van der Waals surface area contributed by atoms with Gasteiger partial charge >= 0.3 is 0 Å². The Kier molecular flexibility index (Phi) is 6.01. The molecule has 0 amide bonds. The van der Waals surface area contributed by atoms with Crippen molar-refractivity contribution in [2.24, 2.45) is 4.99 Å². The predicted molar refractivity (Wildman–Crippen MR) is 107 cm³/mol. The van der Waals surface area contributed by atoms with Crippen molar-refractivity contribution in [2.75, 3.05) is 27.2 Å². The number of aromatic nitrogens is 1. The number of hydrogen-bond donors (Lipinski definition) is 1. The molecule has 5 heteroatoms. The van der Waals surface area contributed by atoms with Crippen LogP contribution in [0.15, 0.2) is 59.0 Å². The van der Waals surface area contributed by atoms with Gasteiger partial charge in [0.05, 0.1) is 5.52 Å². The monoisotopic (exact) mass is 352 g/mol. The normalized spacial score (nSPS) is 11.7. The number of para-hydroxylation sites is 1. The maximum Gasteiger partial charge on any atom is 0.193 e. The molecule has 2 aromatic heterocycles. The maximum atomic E-state index is 4.52. The second-order valence-corrected chi connectivity index (χ2v) is 7.00. The van der Waals surface area contributed by atoms with E-state index in [0.29, 0.717) is 0 Å². The summed E-state index contributed by atoms with van der Waals surface area (Å²) < 4.78 is 0. The number of thiophene rings is 1. The molecule has 0 aliphatic rings. The summed E-state index contributed by atoms with van der Waals surface area (Å²) in [5.41, 5.74) is 2.36. The van der Waals surface area contributed by atoms with Gasteiger partial charge in [0.15, 0.2) is 5.96 Å². The molecule has 0 saturated heterocycles. The fraction of sp³-hybridized carbons (Fsp3) is 0.300. The average Bonchev–Trinajstić information content (AvgIpc) is 3.17. The lowest BCUT2D eigenvalue weighted by molar-refractivity contribution is 0.487. The van der Waals surface area contributed by atoms with E-state index in [0.717, 1.165) is 37.4 Å². The summed E-state index contributed by atoms with van der Waals surface area (Å²) in [5.74, 6) is 0.935. The van der Waals surface area contributed by atoms with Crippen LogP contribution in [0, 0.1) is 0 Å². The number of hydrogen-bond acceptors (Lipinski definition) is 3.